The zero-order valence-electron chi connectivity index (χ0n) is 10.7. The molecule has 3 heteroatoms. The number of nitrogens with two attached hydrogens (primary N) is 1. The van der Waals surface area contributed by atoms with Crippen molar-refractivity contribution >= 4 is 0 Å². The lowest BCUT2D eigenvalue weighted by Gasteiger charge is -2.27. The van der Waals surface area contributed by atoms with Crippen molar-refractivity contribution in [2.45, 2.75) is 50.7 Å². The molecular formula is C14H22N2O. The lowest BCUT2D eigenvalue weighted by atomic mass is 9.91. The molecular weight excluding hydrogens is 212 g/mol. The van der Waals surface area contributed by atoms with E-state index in [0.717, 1.165) is 25.7 Å². The van der Waals surface area contributed by atoms with Crippen molar-refractivity contribution < 1.29 is 4.74 Å². The van der Waals surface area contributed by atoms with Crippen LogP contribution in [0, 0.1) is 0 Å². The fraction of sp³-hybridized carbons (Fsp3) is 0.643. The molecule has 1 aliphatic rings. The Kier molecular flexibility index (Phi) is 4.13. The van der Waals surface area contributed by atoms with Crippen LogP contribution in [-0.2, 0) is 11.2 Å². The third-order valence-electron chi connectivity index (χ3n) is 3.77. The molecule has 1 aromatic rings. The number of aromatic nitrogens is 1. The van der Waals surface area contributed by atoms with E-state index in [-0.39, 0.29) is 12.1 Å². The van der Waals surface area contributed by atoms with Gasteiger partial charge in [0.15, 0.2) is 0 Å². The summed E-state index contributed by atoms with van der Waals surface area (Å²) in [6, 6.07) is 4.24. The van der Waals surface area contributed by atoms with Crippen LogP contribution in [0.25, 0.3) is 0 Å². The molecule has 1 heterocycles. The molecule has 0 saturated carbocycles. The quantitative estimate of drug-likeness (QED) is 0.850. The Labute approximate surface area is 103 Å². The zero-order valence-corrected chi connectivity index (χ0v) is 10.7. The standard InChI is InChI=1S/C14H22N2O/c1-3-5-12(17-2)13(15)11-8-7-10-6-4-9-16-14(10)11/h4,6,9,11-13H,3,5,7-8,15H2,1-2H3. The minimum absolute atomic E-state index is 0.0658. The highest BCUT2D eigenvalue weighted by molar-refractivity contribution is 5.30. The molecule has 0 amide bonds. The summed E-state index contributed by atoms with van der Waals surface area (Å²) in [5.74, 6) is 0.364. The average Bonchev–Trinajstić information content (AvgIpc) is 2.79. The van der Waals surface area contributed by atoms with Gasteiger partial charge < -0.3 is 10.5 Å². The summed E-state index contributed by atoms with van der Waals surface area (Å²) in [4.78, 5) is 4.50. The fourth-order valence-corrected chi connectivity index (χ4v) is 2.83. The SMILES string of the molecule is CCCC(OC)C(N)C1CCc2cccnc21. The molecule has 0 bridgehead atoms. The van der Waals surface area contributed by atoms with Gasteiger partial charge in [0, 0.05) is 31.0 Å². The lowest BCUT2D eigenvalue weighted by molar-refractivity contribution is 0.0642. The third kappa shape index (κ3) is 2.50. The number of pyridine rings is 1. The predicted molar refractivity (Wildman–Crippen MR) is 69.0 cm³/mol. The average molecular weight is 234 g/mol. The van der Waals surface area contributed by atoms with E-state index in [9.17, 15) is 0 Å². The van der Waals surface area contributed by atoms with E-state index in [2.05, 4.69) is 18.0 Å². The molecule has 17 heavy (non-hydrogen) atoms. The number of hydrogen-bond acceptors (Lipinski definition) is 3. The number of fused-ring (bicyclic) bond motifs is 1. The smallest absolute Gasteiger partial charge is 0.0728 e. The van der Waals surface area contributed by atoms with Crippen LogP contribution in [0.5, 0.6) is 0 Å². The monoisotopic (exact) mass is 234 g/mol. The second-order valence-electron chi connectivity index (χ2n) is 4.83. The summed E-state index contributed by atoms with van der Waals surface area (Å²) in [7, 11) is 1.76. The summed E-state index contributed by atoms with van der Waals surface area (Å²) in [6.45, 7) is 2.17. The Morgan fingerprint density at radius 3 is 3.12 bits per heavy atom. The summed E-state index contributed by atoms with van der Waals surface area (Å²) >= 11 is 0. The van der Waals surface area contributed by atoms with Crippen molar-refractivity contribution in [1.29, 1.82) is 0 Å². The first-order valence-electron chi connectivity index (χ1n) is 6.50. The molecule has 2 N–H and O–H groups in total. The van der Waals surface area contributed by atoms with Crippen LogP contribution in [0.15, 0.2) is 18.3 Å². The van der Waals surface area contributed by atoms with Gasteiger partial charge in [-0.15, -0.1) is 0 Å². The van der Waals surface area contributed by atoms with Gasteiger partial charge in [0.2, 0.25) is 0 Å². The van der Waals surface area contributed by atoms with Crippen LogP contribution in [0.3, 0.4) is 0 Å². The first-order valence-corrected chi connectivity index (χ1v) is 6.50. The number of nitrogens with zero attached hydrogens (tertiary/aromatic N) is 1. The molecule has 0 saturated heterocycles. The van der Waals surface area contributed by atoms with Gasteiger partial charge in [-0.1, -0.05) is 19.4 Å². The van der Waals surface area contributed by atoms with Gasteiger partial charge in [-0.2, -0.15) is 0 Å². The summed E-state index contributed by atoms with van der Waals surface area (Å²) < 4.78 is 5.53. The van der Waals surface area contributed by atoms with E-state index in [1.54, 1.807) is 7.11 Å². The highest BCUT2D eigenvalue weighted by Gasteiger charge is 2.33. The summed E-state index contributed by atoms with van der Waals surface area (Å²) in [5, 5.41) is 0. The van der Waals surface area contributed by atoms with Gasteiger partial charge in [0.05, 0.1) is 6.10 Å². The van der Waals surface area contributed by atoms with E-state index < -0.39 is 0 Å². The number of aryl methyl sites for hydroxylation is 1. The maximum atomic E-state index is 6.37. The van der Waals surface area contributed by atoms with Gasteiger partial charge in [-0.25, -0.2) is 0 Å². The molecule has 0 aliphatic heterocycles. The molecule has 1 aromatic heterocycles. The molecule has 0 spiro atoms. The van der Waals surface area contributed by atoms with Gasteiger partial charge in [-0.3, -0.25) is 4.98 Å². The minimum atomic E-state index is 0.0658. The zero-order chi connectivity index (χ0) is 12.3. The topological polar surface area (TPSA) is 48.1 Å². The highest BCUT2D eigenvalue weighted by atomic mass is 16.5. The molecule has 3 unspecified atom stereocenters. The number of methoxy groups -OCH3 is 1. The molecule has 0 aromatic carbocycles. The Hall–Kier alpha value is -0.930. The first kappa shape index (κ1) is 12.5. The molecule has 3 nitrogen and oxygen atoms in total. The predicted octanol–water partition coefficient (Wildman–Crippen LogP) is 2.25. The summed E-state index contributed by atoms with van der Waals surface area (Å²) in [5.41, 5.74) is 8.92. The fourth-order valence-electron chi connectivity index (χ4n) is 2.83. The Morgan fingerprint density at radius 1 is 1.59 bits per heavy atom. The molecule has 2 rings (SSSR count). The van der Waals surface area contributed by atoms with E-state index in [1.807, 2.05) is 12.3 Å². The first-order chi connectivity index (χ1) is 8.27. The van der Waals surface area contributed by atoms with E-state index in [0.29, 0.717) is 5.92 Å². The van der Waals surface area contributed by atoms with Crippen LogP contribution in [0.2, 0.25) is 0 Å². The van der Waals surface area contributed by atoms with Crippen molar-refractivity contribution in [1.82, 2.24) is 4.98 Å². The number of ether oxygens (including phenoxy) is 1. The van der Waals surface area contributed by atoms with Crippen LogP contribution < -0.4 is 5.73 Å². The molecule has 0 radical (unpaired) electrons. The van der Waals surface area contributed by atoms with Gasteiger partial charge in [0.25, 0.3) is 0 Å². The second kappa shape index (κ2) is 5.61. The highest BCUT2D eigenvalue weighted by Crippen LogP contribution is 2.34. The molecule has 1 aliphatic carbocycles. The maximum Gasteiger partial charge on any atom is 0.0728 e. The van der Waals surface area contributed by atoms with Crippen molar-refractivity contribution in [3.05, 3.63) is 29.6 Å². The molecule has 3 atom stereocenters. The number of hydrogen-bond donors (Lipinski definition) is 1. The van der Waals surface area contributed by atoms with Crippen LogP contribution >= 0.6 is 0 Å². The minimum Gasteiger partial charge on any atom is -0.380 e. The molecule has 0 fully saturated rings. The lowest BCUT2D eigenvalue weighted by Crippen LogP contribution is -2.40. The number of rotatable bonds is 5. The summed E-state index contributed by atoms with van der Waals surface area (Å²) in [6.07, 6.45) is 6.36. The Morgan fingerprint density at radius 2 is 2.41 bits per heavy atom. The van der Waals surface area contributed by atoms with Gasteiger partial charge in [-0.05, 0) is 30.9 Å². The van der Waals surface area contributed by atoms with Crippen molar-refractivity contribution in [2.24, 2.45) is 5.73 Å². The van der Waals surface area contributed by atoms with Crippen molar-refractivity contribution in [3.8, 4) is 0 Å². The Balaban J connectivity index is 2.13. The largest absolute Gasteiger partial charge is 0.380 e. The maximum absolute atomic E-state index is 6.37. The van der Waals surface area contributed by atoms with E-state index in [1.165, 1.54) is 11.3 Å². The van der Waals surface area contributed by atoms with E-state index >= 15 is 0 Å². The Bertz CT molecular complexity index is 367. The third-order valence-corrected chi connectivity index (χ3v) is 3.77. The van der Waals surface area contributed by atoms with Crippen molar-refractivity contribution in [2.75, 3.05) is 7.11 Å². The second-order valence-corrected chi connectivity index (χ2v) is 4.83. The van der Waals surface area contributed by atoms with E-state index in [4.69, 9.17) is 10.5 Å². The van der Waals surface area contributed by atoms with Crippen LogP contribution in [0.4, 0.5) is 0 Å². The van der Waals surface area contributed by atoms with Crippen molar-refractivity contribution in [3.63, 3.8) is 0 Å². The van der Waals surface area contributed by atoms with Gasteiger partial charge in [0.1, 0.15) is 0 Å². The van der Waals surface area contributed by atoms with Crippen LogP contribution in [0.1, 0.15) is 43.4 Å². The molecule has 94 valence electrons. The normalized spacial score (nSPS) is 22.2. The van der Waals surface area contributed by atoms with Gasteiger partial charge >= 0.3 is 0 Å². The van der Waals surface area contributed by atoms with Crippen LogP contribution in [-0.4, -0.2) is 24.2 Å².